The SMILES string of the molecule is CC(C)OC(=O)c1cc2c(OC[C@H](O)C[NH2+]C(C)(C)C)cccc2[nH]1. The highest BCUT2D eigenvalue weighted by Crippen LogP contribution is 2.27. The van der Waals surface area contributed by atoms with Gasteiger partial charge >= 0.3 is 5.97 Å². The van der Waals surface area contributed by atoms with Crippen LogP contribution < -0.4 is 10.1 Å². The minimum Gasteiger partial charge on any atom is -0.490 e. The maximum atomic E-state index is 12.0. The smallest absolute Gasteiger partial charge is 0.355 e. The predicted octanol–water partition coefficient (Wildman–Crippen LogP) is 1.83. The van der Waals surface area contributed by atoms with Crippen LogP contribution in [0, 0.1) is 0 Å². The second kappa shape index (κ2) is 7.89. The number of aliphatic hydroxyl groups is 1. The summed E-state index contributed by atoms with van der Waals surface area (Å²) in [6.45, 7) is 10.7. The maximum absolute atomic E-state index is 12.0. The Morgan fingerprint density at radius 2 is 2.04 bits per heavy atom. The number of H-pyrrole nitrogens is 1. The van der Waals surface area contributed by atoms with Crippen LogP contribution in [0.3, 0.4) is 0 Å². The largest absolute Gasteiger partial charge is 0.490 e. The van der Waals surface area contributed by atoms with Crippen molar-refractivity contribution in [3.63, 3.8) is 0 Å². The maximum Gasteiger partial charge on any atom is 0.355 e. The minimum absolute atomic E-state index is 0.0628. The number of aliphatic hydroxyl groups excluding tert-OH is 1. The number of nitrogens with one attached hydrogen (secondary N) is 1. The molecule has 0 aliphatic rings. The number of fused-ring (bicyclic) bond motifs is 1. The standard InChI is InChI=1S/C19H28N2O4/c1-12(2)25-18(23)16-9-14-15(21-16)7-6-8-17(14)24-11-13(22)10-20-19(3,4)5/h6-9,12-13,20-22H,10-11H2,1-5H3/p+1/t13-/m1/s1. The molecule has 0 radical (unpaired) electrons. The first-order valence-corrected chi connectivity index (χ1v) is 8.63. The average molecular weight is 349 g/mol. The lowest BCUT2D eigenvalue weighted by molar-refractivity contribution is -0.722. The quantitative estimate of drug-likeness (QED) is 0.666. The summed E-state index contributed by atoms with van der Waals surface area (Å²) in [5, 5.41) is 13.0. The Labute approximate surface area is 148 Å². The summed E-state index contributed by atoms with van der Waals surface area (Å²) in [7, 11) is 0. The summed E-state index contributed by atoms with van der Waals surface area (Å²) < 4.78 is 11.0. The van der Waals surface area contributed by atoms with Gasteiger partial charge in [0.05, 0.1) is 11.6 Å². The molecule has 0 amide bonds. The van der Waals surface area contributed by atoms with Crippen LogP contribution in [0.25, 0.3) is 10.9 Å². The number of aromatic amines is 1. The van der Waals surface area contributed by atoms with Gasteiger partial charge in [0.1, 0.15) is 30.7 Å². The Balaban J connectivity index is 2.06. The third-order valence-corrected chi connectivity index (χ3v) is 3.62. The Morgan fingerprint density at radius 3 is 2.68 bits per heavy atom. The monoisotopic (exact) mass is 349 g/mol. The third kappa shape index (κ3) is 5.76. The molecule has 1 aromatic carbocycles. The highest BCUT2D eigenvalue weighted by Gasteiger charge is 2.18. The first-order valence-electron chi connectivity index (χ1n) is 8.63. The van der Waals surface area contributed by atoms with Crippen molar-refractivity contribution in [3.05, 3.63) is 30.0 Å². The summed E-state index contributed by atoms with van der Waals surface area (Å²) >= 11 is 0. The van der Waals surface area contributed by atoms with Gasteiger partial charge in [0, 0.05) is 10.9 Å². The summed E-state index contributed by atoms with van der Waals surface area (Å²) in [6.07, 6.45) is -0.748. The van der Waals surface area contributed by atoms with E-state index >= 15 is 0 Å². The van der Waals surface area contributed by atoms with Crippen molar-refractivity contribution in [1.29, 1.82) is 0 Å². The molecule has 0 spiro atoms. The zero-order valence-electron chi connectivity index (χ0n) is 15.6. The fraction of sp³-hybridized carbons (Fsp3) is 0.526. The Hall–Kier alpha value is -2.05. The summed E-state index contributed by atoms with van der Waals surface area (Å²) in [6, 6.07) is 7.27. The van der Waals surface area contributed by atoms with Gasteiger partial charge in [0.25, 0.3) is 0 Å². The zero-order chi connectivity index (χ0) is 18.6. The molecule has 6 heteroatoms. The number of hydrogen-bond acceptors (Lipinski definition) is 4. The van der Waals surface area contributed by atoms with Gasteiger partial charge in [-0.3, -0.25) is 0 Å². The van der Waals surface area contributed by atoms with Crippen molar-refractivity contribution in [1.82, 2.24) is 4.98 Å². The number of aromatic nitrogens is 1. The third-order valence-electron chi connectivity index (χ3n) is 3.62. The second-order valence-electron chi connectivity index (χ2n) is 7.63. The van der Waals surface area contributed by atoms with Crippen LogP contribution in [-0.4, -0.2) is 47.0 Å². The van der Waals surface area contributed by atoms with Gasteiger partial charge in [-0.15, -0.1) is 0 Å². The van der Waals surface area contributed by atoms with Crippen LogP contribution >= 0.6 is 0 Å². The molecule has 4 N–H and O–H groups in total. The lowest BCUT2D eigenvalue weighted by atomic mass is 10.1. The number of hydrogen-bond donors (Lipinski definition) is 3. The molecule has 0 saturated carbocycles. The summed E-state index contributed by atoms with van der Waals surface area (Å²) in [4.78, 5) is 15.1. The molecule has 0 fully saturated rings. The molecule has 2 aromatic rings. The number of carbonyl (C=O) groups is 1. The molecule has 138 valence electrons. The fourth-order valence-electron chi connectivity index (χ4n) is 2.38. The molecule has 1 atom stereocenters. The second-order valence-corrected chi connectivity index (χ2v) is 7.63. The van der Waals surface area contributed by atoms with E-state index in [4.69, 9.17) is 9.47 Å². The van der Waals surface area contributed by atoms with Crippen LogP contribution in [0.5, 0.6) is 5.75 Å². The van der Waals surface area contributed by atoms with Gasteiger partial charge in [-0.05, 0) is 52.8 Å². The Bertz CT molecular complexity index is 716. The van der Waals surface area contributed by atoms with E-state index in [-0.39, 0.29) is 18.2 Å². The summed E-state index contributed by atoms with van der Waals surface area (Å²) in [5.41, 5.74) is 1.25. The van der Waals surface area contributed by atoms with E-state index in [1.165, 1.54) is 0 Å². The molecule has 1 heterocycles. The number of benzene rings is 1. The van der Waals surface area contributed by atoms with Crippen molar-refractivity contribution in [3.8, 4) is 5.75 Å². The van der Waals surface area contributed by atoms with Crippen LogP contribution in [0.15, 0.2) is 24.3 Å². The first-order chi connectivity index (χ1) is 11.7. The molecule has 1 aromatic heterocycles. The Morgan fingerprint density at radius 1 is 1.32 bits per heavy atom. The molecule has 0 saturated heterocycles. The first kappa shape index (κ1) is 19.3. The van der Waals surface area contributed by atoms with Gasteiger partial charge in [-0.2, -0.15) is 0 Å². The van der Waals surface area contributed by atoms with Crippen molar-refractivity contribution in [2.45, 2.75) is 52.4 Å². The zero-order valence-corrected chi connectivity index (χ0v) is 15.6. The number of quaternary nitrogens is 1. The summed E-state index contributed by atoms with van der Waals surface area (Å²) in [5.74, 6) is 0.240. The number of nitrogens with two attached hydrogens (primary N) is 1. The number of ether oxygens (including phenoxy) is 2. The Kier molecular flexibility index (Phi) is 6.08. The van der Waals surface area contributed by atoms with Gasteiger partial charge in [-0.1, -0.05) is 6.07 Å². The van der Waals surface area contributed by atoms with Crippen LogP contribution in [0.2, 0.25) is 0 Å². The topological polar surface area (TPSA) is 88.2 Å². The van der Waals surface area contributed by atoms with Crippen molar-refractivity contribution < 1.29 is 24.7 Å². The number of rotatable bonds is 7. The molecular weight excluding hydrogens is 320 g/mol. The van der Waals surface area contributed by atoms with Crippen molar-refractivity contribution in [2.75, 3.05) is 13.2 Å². The normalized spacial score (nSPS) is 13.2. The van der Waals surface area contributed by atoms with E-state index in [0.29, 0.717) is 18.0 Å². The van der Waals surface area contributed by atoms with Crippen molar-refractivity contribution >= 4 is 16.9 Å². The molecule has 2 rings (SSSR count). The minimum atomic E-state index is -0.571. The van der Waals surface area contributed by atoms with Gasteiger partial charge in [-0.25, -0.2) is 4.79 Å². The van der Waals surface area contributed by atoms with Gasteiger partial charge in [0.2, 0.25) is 0 Å². The van der Waals surface area contributed by atoms with E-state index in [0.717, 1.165) is 10.9 Å². The van der Waals surface area contributed by atoms with E-state index < -0.39 is 12.1 Å². The average Bonchev–Trinajstić information content (AvgIpc) is 2.94. The molecule has 6 nitrogen and oxygen atoms in total. The molecular formula is C19H29N2O4+. The van der Waals surface area contributed by atoms with E-state index in [1.807, 2.05) is 32.0 Å². The highest BCUT2D eigenvalue weighted by atomic mass is 16.5. The van der Waals surface area contributed by atoms with E-state index in [9.17, 15) is 9.90 Å². The van der Waals surface area contributed by atoms with Gasteiger partial charge in [0.15, 0.2) is 0 Å². The number of carbonyl (C=O) groups excluding carboxylic acids is 1. The molecule has 0 aliphatic heterocycles. The lowest BCUT2D eigenvalue weighted by Crippen LogP contribution is -2.96. The predicted molar refractivity (Wildman–Crippen MR) is 96.9 cm³/mol. The molecule has 0 bridgehead atoms. The fourth-order valence-corrected chi connectivity index (χ4v) is 2.38. The highest BCUT2D eigenvalue weighted by molar-refractivity contribution is 5.97. The van der Waals surface area contributed by atoms with Gasteiger partial charge < -0.3 is 24.9 Å². The molecule has 0 aliphatic carbocycles. The number of esters is 1. The van der Waals surface area contributed by atoms with E-state index in [1.54, 1.807) is 6.07 Å². The lowest BCUT2D eigenvalue weighted by Gasteiger charge is -2.19. The van der Waals surface area contributed by atoms with Crippen LogP contribution in [0.4, 0.5) is 0 Å². The van der Waals surface area contributed by atoms with E-state index in [2.05, 4.69) is 31.1 Å². The van der Waals surface area contributed by atoms with Crippen LogP contribution in [-0.2, 0) is 4.74 Å². The molecule has 0 unspecified atom stereocenters. The molecule has 25 heavy (non-hydrogen) atoms. The van der Waals surface area contributed by atoms with Crippen LogP contribution in [0.1, 0.15) is 45.1 Å². The van der Waals surface area contributed by atoms with Crippen molar-refractivity contribution in [2.24, 2.45) is 0 Å².